The number of nitrogens with one attached hydrogen (secondary N) is 1. The molecule has 9 heteroatoms. The number of alkyl halides is 2. The maximum absolute atomic E-state index is 13.7. The van der Waals surface area contributed by atoms with Gasteiger partial charge in [0, 0.05) is 37.6 Å². The van der Waals surface area contributed by atoms with E-state index in [1.807, 2.05) is 29.2 Å². The normalized spacial score (nSPS) is 18.5. The van der Waals surface area contributed by atoms with Crippen molar-refractivity contribution in [2.75, 3.05) is 47.0 Å². The third-order valence-electron chi connectivity index (χ3n) is 4.93. The number of aromatic nitrogens is 2. The highest BCUT2D eigenvalue weighted by Gasteiger charge is 2.40. The lowest BCUT2D eigenvalue weighted by Crippen LogP contribution is -2.39. The van der Waals surface area contributed by atoms with Crippen LogP contribution in [0.15, 0.2) is 24.3 Å². The SMILES string of the molecule is Nc1c(NCc2ccccc2Cl)nc(N2CCC2)nc1N1CCC(F)(F)C1. The van der Waals surface area contributed by atoms with Gasteiger partial charge in [0.25, 0.3) is 5.92 Å². The van der Waals surface area contributed by atoms with E-state index < -0.39 is 5.92 Å². The highest BCUT2D eigenvalue weighted by molar-refractivity contribution is 6.31. The lowest BCUT2D eigenvalue weighted by atomic mass is 10.2. The molecule has 0 aliphatic carbocycles. The average molecular weight is 395 g/mol. The maximum Gasteiger partial charge on any atom is 0.266 e. The summed E-state index contributed by atoms with van der Waals surface area (Å²) in [6, 6.07) is 7.48. The highest BCUT2D eigenvalue weighted by atomic mass is 35.5. The number of halogens is 3. The average Bonchev–Trinajstić information content (AvgIpc) is 2.94. The van der Waals surface area contributed by atoms with Gasteiger partial charge in [-0.05, 0) is 18.1 Å². The van der Waals surface area contributed by atoms with Crippen LogP contribution in [0.5, 0.6) is 0 Å². The Morgan fingerprint density at radius 2 is 1.93 bits per heavy atom. The van der Waals surface area contributed by atoms with Crippen molar-refractivity contribution in [3.05, 3.63) is 34.9 Å². The Balaban J connectivity index is 1.63. The first-order valence-corrected chi connectivity index (χ1v) is 9.33. The van der Waals surface area contributed by atoms with Crippen LogP contribution < -0.4 is 20.9 Å². The molecule has 0 saturated carbocycles. The molecule has 6 nitrogen and oxygen atoms in total. The van der Waals surface area contributed by atoms with Gasteiger partial charge in [0.05, 0.1) is 6.54 Å². The van der Waals surface area contributed by atoms with Gasteiger partial charge < -0.3 is 20.9 Å². The van der Waals surface area contributed by atoms with Gasteiger partial charge in [0.1, 0.15) is 5.69 Å². The zero-order chi connectivity index (χ0) is 19.0. The molecule has 1 aromatic heterocycles. The molecular weight excluding hydrogens is 374 g/mol. The second-order valence-corrected chi connectivity index (χ2v) is 7.33. The molecule has 0 bridgehead atoms. The van der Waals surface area contributed by atoms with Gasteiger partial charge in [0.2, 0.25) is 5.95 Å². The van der Waals surface area contributed by atoms with Crippen molar-refractivity contribution >= 4 is 34.9 Å². The van der Waals surface area contributed by atoms with Crippen LogP contribution in [0.2, 0.25) is 5.02 Å². The van der Waals surface area contributed by atoms with Crippen LogP contribution in [0.4, 0.5) is 32.1 Å². The Kier molecular flexibility index (Phi) is 4.67. The third kappa shape index (κ3) is 3.71. The molecule has 2 fully saturated rings. The second kappa shape index (κ2) is 6.99. The Morgan fingerprint density at radius 3 is 2.56 bits per heavy atom. The molecule has 144 valence electrons. The van der Waals surface area contributed by atoms with Crippen LogP contribution in [0, 0.1) is 0 Å². The van der Waals surface area contributed by atoms with Crippen molar-refractivity contribution in [2.45, 2.75) is 25.3 Å². The van der Waals surface area contributed by atoms with Crippen LogP contribution in [0.25, 0.3) is 0 Å². The summed E-state index contributed by atoms with van der Waals surface area (Å²) in [5, 5.41) is 3.84. The van der Waals surface area contributed by atoms with Crippen LogP contribution in [-0.4, -0.2) is 42.1 Å². The highest BCUT2D eigenvalue weighted by Crippen LogP contribution is 2.37. The summed E-state index contributed by atoms with van der Waals surface area (Å²) in [6.07, 6.45) is 0.866. The molecule has 0 radical (unpaired) electrons. The van der Waals surface area contributed by atoms with E-state index in [0.717, 1.165) is 25.1 Å². The van der Waals surface area contributed by atoms with Gasteiger partial charge in [-0.15, -0.1) is 0 Å². The van der Waals surface area contributed by atoms with Crippen LogP contribution in [0.1, 0.15) is 18.4 Å². The summed E-state index contributed by atoms with van der Waals surface area (Å²) in [5.74, 6) is -1.40. The standard InChI is InChI=1S/C18H21ClF2N6/c19-13-5-2-1-4-12(13)10-23-15-14(22)16(27-9-6-18(20,21)11-27)25-17(24-15)26-7-3-8-26/h1-2,4-5H,3,6-11,22H2,(H,23,24,25). The summed E-state index contributed by atoms with van der Waals surface area (Å²) in [6.45, 7) is 1.97. The number of anilines is 4. The summed E-state index contributed by atoms with van der Waals surface area (Å²) in [4.78, 5) is 12.6. The van der Waals surface area contributed by atoms with E-state index in [1.54, 1.807) is 4.90 Å². The van der Waals surface area contributed by atoms with Crippen molar-refractivity contribution < 1.29 is 8.78 Å². The van der Waals surface area contributed by atoms with E-state index in [0.29, 0.717) is 29.2 Å². The molecule has 2 saturated heterocycles. The Morgan fingerprint density at radius 1 is 1.15 bits per heavy atom. The monoisotopic (exact) mass is 394 g/mol. The molecule has 0 atom stereocenters. The number of hydrogen-bond donors (Lipinski definition) is 2. The fourth-order valence-electron chi connectivity index (χ4n) is 3.22. The van der Waals surface area contributed by atoms with Crippen LogP contribution >= 0.6 is 11.6 Å². The van der Waals surface area contributed by atoms with Crippen molar-refractivity contribution in [3.63, 3.8) is 0 Å². The largest absolute Gasteiger partial charge is 0.393 e. The first-order chi connectivity index (χ1) is 12.9. The molecule has 2 aromatic rings. The number of nitrogens with zero attached hydrogens (tertiary/aromatic N) is 4. The molecule has 0 spiro atoms. The minimum absolute atomic E-state index is 0.197. The minimum Gasteiger partial charge on any atom is -0.393 e. The number of benzene rings is 1. The Hall–Kier alpha value is -2.35. The molecular formula is C18H21ClF2N6. The van der Waals surface area contributed by atoms with Gasteiger partial charge >= 0.3 is 0 Å². The number of nitrogens with two attached hydrogens (primary N) is 1. The Labute approximate surface area is 161 Å². The molecule has 2 aliphatic rings. The van der Waals surface area contributed by atoms with Crippen LogP contribution in [0.3, 0.4) is 0 Å². The molecule has 3 N–H and O–H groups in total. The second-order valence-electron chi connectivity index (χ2n) is 6.92. The topological polar surface area (TPSA) is 70.3 Å². The first-order valence-electron chi connectivity index (χ1n) is 8.95. The predicted molar refractivity (Wildman–Crippen MR) is 104 cm³/mol. The third-order valence-corrected chi connectivity index (χ3v) is 5.29. The quantitative estimate of drug-likeness (QED) is 0.810. The Bertz CT molecular complexity index is 843. The number of hydrogen-bond acceptors (Lipinski definition) is 6. The van der Waals surface area contributed by atoms with Gasteiger partial charge in [-0.1, -0.05) is 29.8 Å². The number of rotatable bonds is 5. The summed E-state index contributed by atoms with van der Waals surface area (Å²) >= 11 is 6.21. The molecule has 0 unspecified atom stereocenters. The van der Waals surface area contributed by atoms with Gasteiger partial charge in [-0.3, -0.25) is 0 Å². The fraction of sp³-hybridized carbons (Fsp3) is 0.444. The minimum atomic E-state index is -2.72. The van der Waals surface area contributed by atoms with E-state index >= 15 is 0 Å². The molecule has 0 amide bonds. The van der Waals surface area contributed by atoms with E-state index in [2.05, 4.69) is 15.3 Å². The lowest BCUT2D eigenvalue weighted by Gasteiger charge is -2.32. The van der Waals surface area contributed by atoms with E-state index in [-0.39, 0.29) is 25.2 Å². The summed E-state index contributed by atoms with van der Waals surface area (Å²) in [7, 11) is 0. The van der Waals surface area contributed by atoms with Gasteiger partial charge in [-0.2, -0.15) is 9.97 Å². The maximum atomic E-state index is 13.7. The molecule has 4 rings (SSSR count). The van der Waals surface area contributed by atoms with Crippen molar-refractivity contribution in [2.24, 2.45) is 0 Å². The van der Waals surface area contributed by atoms with E-state index in [4.69, 9.17) is 17.3 Å². The first kappa shape index (κ1) is 18.0. The predicted octanol–water partition coefficient (Wildman–Crippen LogP) is 3.38. The summed E-state index contributed by atoms with van der Waals surface area (Å²) < 4.78 is 27.4. The zero-order valence-electron chi connectivity index (χ0n) is 14.8. The fourth-order valence-corrected chi connectivity index (χ4v) is 3.42. The van der Waals surface area contributed by atoms with E-state index in [9.17, 15) is 8.78 Å². The summed E-state index contributed by atoms with van der Waals surface area (Å²) in [5.41, 5.74) is 7.44. The van der Waals surface area contributed by atoms with E-state index in [1.165, 1.54) is 0 Å². The van der Waals surface area contributed by atoms with Crippen molar-refractivity contribution in [3.8, 4) is 0 Å². The lowest BCUT2D eigenvalue weighted by molar-refractivity contribution is 0.0257. The molecule has 3 heterocycles. The van der Waals surface area contributed by atoms with Crippen LogP contribution in [-0.2, 0) is 6.54 Å². The number of nitrogen functional groups attached to an aromatic ring is 1. The van der Waals surface area contributed by atoms with Gasteiger partial charge in [0.15, 0.2) is 11.6 Å². The van der Waals surface area contributed by atoms with Crippen molar-refractivity contribution in [1.29, 1.82) is 0 Å². The smallest absolute Gasteiger partial charge is 0.266 e. The molecule has 2 aliphatic heterocycles. The molecule has 27 heavy (non-hydrogen) atoms. The van der Waals surface area contributed by atoms with Crippen molar-refractivity contribution in [1.82, 2.24) is 9.97 Å². The molecule has 1 aromatic carbocycles. The van der Waals surface area contributed by atoms with Gasteiger partial charge in [-0.25, -0.2) is 8.78 Å². The zero-order valence-corrected chi connectivity index (χ0v) is 15.5.